The second-order valence-corrected chi connectivity index (χ2v) is 6.65. The Hall–Kier alpha value is -0.380. The van der Waals surface area contributed by atoms with Crippen LogP contribution < -0.4 is 0 Å². The van der Waals surface area contributed by atoms with Gasteiger partial charge < -0.3 is 0 Å². The maximum Gasteiger partial charge on any atom is 0.137 e. The molecule has 0 fully saturated rings. The van der Waals surface area contributed by atoms with Crippen LogP contribution >= 0.6 is 43.5 Å². The largest absolute Gasteiger partial charge is 0.206 e. The highest BCUT2D eigenvalue weighted by Crippen LogP contribution is 2.25. The van der Waals surface area contributed by atoms with Crippen LogP contribution in [0, 0.1) is 11.7 Å². The van der Waals surface area contributed by atoms with Crippen LogP contribution in [-0.4, -0.2) is 5.33 Å². The summed E-state index contributed by atoms with van der Waals surface area (Å²) in [6.07, 6.45) is 1.73. The molecule has 0 saturated heterocycles. The molecule has 2 rings (SSSR count). The minimum atomic E-state index is -0.210. The van der Waals surface area contributed by atoms with E-state index in [1.165, 1.54) is 11.6 Å². The van der Waals surface area contributed by atoms with Crippen molar-refractivity contribution < 1.29 is 4.39 Å². The number of hydrogen-bond donors (Lipinski definition) is 0. The molecule has 4 heteroatoms. The van der Waals surface area contributed by atoms with Gasteiger partial charge in [0.05, 0.1) is 4.47 Å². The van der Waals surface area contributed by atoms with Gasteiger partial charge in [-0.05, 0) is 64.0 Å². The molecule has 0 bridgehead atoms. The fourth-order valence-corrected chi connectivity index (χ4v) is 3.29. The number of rotatable bonds is 5. The Morgan fingerprint density at radius 2 is 1.85 bits per heavy atom. The van der Waals surface area contributed by atoms with E-state index in [0.717, 1.165) is 28.8 Å². The maximum absolute atomic E-state index is 13.5. The summed E-state index contributed by atoms with van der Waals surface area (Å²) in [4.78, 5) is 0. The van der Waals surface area contributed by atoms with Gasteiger partial charge in [-0.25, -0.2) is 4.39 Å². The number of halogens is 4. The Bertz CT molecular complexity index is 586. The number of alkyl halides is 1. The average molecular weight is 421 g/mol. The highest BCUT2D eigenvalue weighted by atomic mass is 79.9. The lowest BCUT2D eigenvalue weighted by molar-refractivity contribution is 0.578. The lowest BCUT2D eigenvalue weighted by atomic mass is 9.94. The zero-order valence-electron chi connectivity index (χ0n) is 10.8. The first-order chi connectivity index (χ1) is 9.60. The topological polar surface area (TPSA) is 0 Å². The van der Waals surface area contributed by atoms with Crippen molar-refractivity contribution in [3.63, 3.8) is 0 Å². The van der Waals surface area contributed by atoms with Gasteiger partial charge in [-0.2, -0.15) is 0 Å². The molecule has 0 aromatic heterocycles. The summed E-state index contributed by atoms with van der Waals surface area (Å²) in [5.74, 6) is 0.185. The Morgan fingerprint density at radius 3 is 2.55 bits per heavy atom. The minimum Gasteiger partial charge on any atom is -0.206 e. The normalized spacial score (nSPS) is 12.4. The molecule has 0 spiro atoms. The Morgan fingerprint density at radius 1 is 1.10 bits per heavy atom. The van der Waals surface area contributed by atoms with Crippen molar-refractivity contribution in [1.82, 2.24) is 0 Å². The van der Waals surface area contributed by atoms with Crippen molar-refractivity contribution in [2.45, 2.75) is 12.8 Å². The van der Waals surface area contributed by atoms with Gasteiger partial charge in [0.25, 0.3) is 0 Å². The molecular formula is C16H14Br2ClF. The lowest BCUT2D eigenvalue weighted by Crippen LogP contribution is -2.10. The van der Waals surface area contributed by atoms with E-state index in [-0.39, 0.29) is 5.82 Å². The van der Waals surface area contributed by atoms with E-state index < -0.39 is 0 Å². The average Bonchev–Trinajstić information content (AvgIpc) is 2.43. The molecular weight excluding hydrogens is 406 g/mol. The summed E-state index contributed by atoms with van der Waals surface area (Å²) in [5.41, 5.74) is 2.20. The van der Waals surface area contributed by atoms with Gasteiger partial charge in [0.15, 0.2) is 0 Å². The van der Waals surface area contributed by atoms with Gasteiger partial charge in [0.2, 0.25) is 0 Å². The van der Waals surface area contributed by atoms with E-state index >= 15 is 0 Å². The van der Waals surface area contributed by atoms with E-state index in [0.29, 0.717) is 10.4 Å². The molecule has 20 heavy (non-hydrogen) atoms. The zero-order chi connectivity index (χ0) is 14.5. The monoisotopic (exact) mass is 418 g/mol. The molecule has 106 valence electrons. The Balaban J connectivity index is 2.11. The second kappa shape index (κ2) is 7.58. The molecule has 0 aliphatic rings. The standard InChI is InChI=1S/C16H14Br2ClF/c17-10-12(7-11-3-1-5-14(19)9-11)8-13-4-2-6-15(20)16(13)18/h1-6,9,12H,7-8,10H2. The first-order valence-electron chi connectivity index (χ1n) is 6.33. The smallest absolute Gasteiger partial charge is 0.137 e. The second-order valence-electron chi connectivity index (χ2n) is 4.77. The first kappa shape index (κ1) is 16.0. The van der Waals surface area contributed by atoms with Crippen LogP contribution in [0.4, 0.5) is 4.39 Å². The van der Waals surface area contributed by atoms with Crippen molar-refractivity contribution in [1.29, 1.82) is 0 Å². The summed E-state index contributed by atoms with van der Waals surface area (Å²) < 4.78 is 14.1. The van der Waals surface area contributed by atoms with Crippen LogP contribution in [0.15, 0.2) is 46.9 Å². The van der Waals surface area contributed by atoms with Crippen molar-refractivity contribution in [2.24, 2.45) is 5.92 Å². The highest BCUT2D eigenvalue weighted by Gasteiger charge is 2.13. The summed E-state index contributed by atoms with van der Waals surface area (Å²) in [7, 11) is 0. The third-order valence-corrected chi connectivity index (χ3v) is 5.21. The number of benzene rings is 2. The van der Waals surface area contributed by atoms with Crippen molar-refractivity contribution in [3.8, 4) is 0 Å². The fourth-order valence-electron chi connectivity index (χ4n) is 2.20. The van der Waals surface area contributed by atoms with Gasteiger partial charge in [-0.15, -0.1) is 0 Å². The van der Waals surface area contributed by atoms with Gasteiger partial charge in [-0.3, -0.25) is 0 Å². The Kier molecular flexibility index (Phi) is 6.06. The molecule has 1 unspecified atom stereocenters. The number of hydrogen-bond acceptors (Lipinski definition) is 0. The third kappa shape index (κ3) is 4.31. The predicted molar refractivity (Wildman–Crippen MR) is 90.2 cm³/mol. The summed E-state index contributed by atoms with van der Waals surface area (Å²) in [6, 6.07) is 13.1. The first-order valence-corrected chi connectivity index (χ1v) is 8.62. The van der Waals surface area contributed by atoms with Crippen molar-refractivity contribution in [3.05, 3.63) is 68.9 Å². The molecule has 0 N–H and O–H groups in total. The quantitative estimate of drug-likeness (QED) is 0.518. The van der Waals surface area contributed by atoms with Crippen molar-refractivity contribution in [2.75, 3.05) is 5.33 Å². The molecule has 2 aromatic rings. The predicted octanol–water partition coefficient (Wildman–Crippen LogP) is 6.04. The van der Waals surface area contributed by atoms with Crippen LogP contribution in [0.25, 0.3) is 0 Å². The fraction of sp³-hybridized carbons (Fsp3) is 0.250. The van der Waals surface area contributed by atoms with Crippen LogP contribution in [0.5, 0.6) is 0 Å². The summed E-state index contributed by atoms with van der Waals surface area (Å²) >= 11 is 12.9. The highest BCUT2D eigenvalue weighted by molar-refractivity contribution is 9.10. The van der Waals surface area contributed by atoms with Gasteiger partial charge in [0, 0.05) is 10.4 Å². The van der Waals surface area contributed by atoms with Gasteiger partial charge in [0.1, 0.15) is 5.82 Å². The molecule has 0 amide bonds. The lowest BCUT2D eigenvalue weighted by Gasteiger charge is -2.15. The van der Waals surface area contributed by atoms with E-state index in [1.54, 1.807) is 6.07 Å². The maximum atomic E-state index is 13.5. The molecule has 0 radical (unpaired) electrons. The molecule has 2 aromatic carbocycles. The van der Waals surface area contributed by atoms with Crippen molar-refractivity contribution >= 4 is 43.5 Å². The van der Waals surface area contributed by atoms with Crippen LogP contribution in [0.3, 0.4) is 0 Å². The minimum absolute atomic E-state index is 0.210. The third-order valence-electron chi connectivity index (χ3n) is 3.17. The SMILES string of the molecule is Fc1cccc(CC(CBr)Cc2cccc(Cl)c2)c1Br. The zero-order valence-corrected chi connectivity index (χ0v) is 14.7. The molecule has 0 heterocycles. The molecule has 0 nitrogen and oxygen atoms in total. The molecule has 1 atom stereocenters. The molecule has 0 saturated carbocycles. The Labute approximate surface area is 140 Å². The van der Waals surface area contributed by atoms with Gasteiger partial charge >= 0.3 is 0 Å². The van der Waals surface area contributed by atoms with E-state index in [4.69, 9.17) is 11.6 Å². The van der Waals surface area contributed by atoms with Crippen LogP contribution in [-0.2, 0) is 12.8 Å². The van der Waals surface area contributed by atoms with E-state index in [9.17, 15) is 4.39 Å². The van der Waals surface area contributed by atoms with E-state index in [1.807, 2.05) is 24.3 Å². The summed E-state index contributed by atoms with van der Waals surface area (Å²) in [6.45, 7) is 0. The van der Waals surface area contributed by atoms with Crippen LogP contribution in [0.1, 0.15) is 11.1 Å². The van der Waals surface area contributed by atoms with Gasteiger partial charge in [-0.1, -0.05) is 51.8 Å². The molecule has 0 aliphatic heterocycles. The molecule has 0 aliphatic carbocycles. The summed E-state index contributed by atoms with van der Waals surface area (Å²) in [5, 5.41) is 1.62. The van der Waals surface area contributed by atoms with E-state index in [2.05, 4.69) is 37.9 Å². The van der Waals surface area contributed by atoms with Crippen LogP contribution in [0.2, 0.25) is 5.02 Å².